The Kier molecular flexibility index (Phi) is 5.93. The predicted octanol–water partition coefficient (Wildman–Crippen LogP) is 0.833. The van der Waals surface area contributed by atoms with E-state index in [1.54, 1.807) is 0 Å². The molecule has 0 saturated heterocycles. The molecule has 0 atom stereocenters. The van der Waals surface area contributed by atoms with Gasteiger partial charge in [0.25, 0.3) is 0 Å². The Morgan fingerprint density at radius 1 is 1.35 bits per heavy atom. The third-order valence-corrected chi connectivity index (χ3v) is 2.21. The van der Waals surface area contributed by atoms with Gasteiger partial charge in [-0.15, -0.1) is 0 Å². The van der Waals surface area contributed by atoms with Gasteiger partial charge in [-0.1, -0.05) is 24.2 Å². The second-order valence-corrected chi connectivity index (χ2v) is 3.74. The van der Waals surface area contributed by atoms with E-state index in [4.69, 9.17) is 9.47 Å². The van der Waals surface area contributed by atoms with Crippen molar-refractivity contribution in [3.05, 3.63) is 36.9 Å². The topological polar surface area (TPSA) is 35.5 Å². The number of benzene rings is 1. The minimum Gasteiger partial charge on any atom is -0.494 e. The number of carbonyl (C=O) groups excluding carboxylic acids is 1. The molecule has 1 aromatic rings. The number of ether oxygens (including phenoxy) is 2. The monoisotopic (exact) mass is 232 g/mol. The number of unbranched alkanes of at least 4 members (excludes halogenated alkanes) is 1. The molecule has 0 saturated carbocycles. The smallest absolute Gasteiger partial charge is 0.330 e. The molecule has 0 amide bonds. The molecule has 0 bridgehead atoms. The molecule has 0 fully saturated rings. The van der Waals surface area contributed by atoms with Crippen molar-refractivity contribution in [3.63, 3.8) is 0 Å². The van der Waals surface area contributed by atoms with Crippen LogP contribution >= 0.6 is 0 Å². The highest BCUT2D eigenvalue weighted by Crippen LogP contribution is 2.07. The van der Waals surface area contributed by atoms with Crippen molar-refractivity contribution in [2.75, 3.05) is 13.2 Å². The third kappa shape index (κ3) is 5.80. The van der Waals surface area contributed by atoms with Gasteiger partial charge in [0, 0.05) is 6.08 Å². The Bertz CT molecular complexity index is 377. The van der Waals surface area contributed by atoms with Crippen molar-refractivity contribution in [2.24, 2.45) is 0 Å². The van der Waals surface area contributed by atoms with Crippen LogP contribution in [0.3, 0.4) is 0 Å². The van der Waals surface area contributed by atoms with E-state index in [2.05, 4.69) is 6.58 Å². The maximum Gasteiger partial charge on any atom is 0.330 e. The van der Waals surface area contributed by atoms with E-state index in [0.717, 1.165) is 18.6 Å². The van der Waals surface area contributed by atoms with Crippen molar-refractivity contribution >= 4 is 19.3 Å². The molecule has 3 nitrogen and oxygen atoms in total. The van der Waals surface area contributed by atoms with Crippen LogP contribution in [0.2, 0.25) is 0 Å². The first-order valence-corrected chi connectivity index (χ1v) is 5.71. The molecule has 0 heterocycles. The molecule has 0 unspecified atom stereocenters. The summed E-state index contributed by atoms with van der Waals surface area (Å²) in [4.78, 5) is 10.7. The van der Waals surface area contributed by atoms with E-state index in [0.29, 0.717) is 13.2 Å². The average Bonchev–Trinajstić information content (AvgIpc) is 2.33. The van der Waals surface area contributed by atoms with Crippen LogP contribution in [0.1, 0.15) is 12.8 Å². The average molecular weight is 232 g/mol. The van der Waals surface area contributed by atoms with Crippen LogP contribution in [-0.4, -0.2) is 27.0 Å². The highest BCUT2D eigenvalue weighted by Gasteiger charge is 1.96. The maximum absolute atomic E-state index is 10.7. The highest BCUT2D eigenvalue weighted by atomic mass is 16.5. The predicted molar refractivity (Wildman–Crippen MR) is 70.5 cm³/mol. The lowest BCUT2D eigenvalue weighted by atomic mass is 9.96. The summed E-state index contributed by atoms with van der Waals surface area (Å²) in [5.41, 5.74) is 1.18. The molecule has 0 radical (unpaired) electrons. The number of hydrogen-bond acceptors (Lipinski definition) is 3. The molecule has 0 aliphatic rings. The summed E-state index contributed by atoms with van der Waals surface area (Å²) in [6, 6.07) is 7.93. The largest absolute Gasteiger partial charge is 0.494 e. The van der Waals surface area contributed by atoms with Gasteiger partial charge in [-0.2, -0.15) is 0 Å². The normalized spacial score (nSPS) is 9.65. The van der Waals surface area contributed by atoms with Crippen LogP contribution in [0, 0.1) is 0 Å². The Balaban J connectivity index is 2.08. The quantitative estimate of drug-likeness (QED) is 0.302. The van der Waals surface area contributed by atoms with Crippen LogP contribution in [0.15, 0.2) is 36.9 Å². The van der Waals surface area contributed by atoms with Crippen LogP contribution < -0.4 is 10.2 Å². The van der Waals surface area contributed by atoms with E-state index in [1.807, 2.05) is 32.1 Å². The van der Waals surface area contributed by atoms with Gasteiger partial charge >= 0.3 is 5.97 Å². The fraction of sp³-hybridized carbons (Fsp3) is 0.308. The van der Waals surface area contributed by atoms with Crippen molar-refractivity contribution in [1.29, 1.82) is 0 Å². The molecule has 0 N–H and O–H groups in total. The first-order chi connectivity index (χ1) is 8.22. The van der Waals surface area contributed by atoms with E-state index >= 15 is 0 Å². The maximum atomic E-state index is 10.7. The summed E-state index contributed by atoms with van der Waals surface area (Å²) in [5.74, 6) is 0.512. The zero-order valence-electron chi connectivity index (χ0n) is 10.1. The van der Waals surface area contributed by atoms with Gasteiger partial charge in [0.1, 0.15) is 13.6 Å². The lowest BCUT2D eigenvalue weighted by Gasteiger charge is -2.06. The Morgan fingerprint density at radius 3 is 2.82 bits per heavy atom. The second-order valence-electron chi connectivity index (χ2n) is 3.74. The molecular weight excluding hydrogens is 215 g/mol. The Morgan fingerprint density at radius 2 is 2.12 bits per heavy atom. The summed E-state index contributed by atoms with van der Waals surface area (Å²) >= 11 is 0. The van der Waals surface area contributed by atoms with E-state index < -0.39 is 0 Å². The van der Waals surface area contributed by atoms with Crippen molar-refractivity contribution < 1.29 is 14.3 Å². The minimum absolute atomic E-state index is 0.371. The molecule has 17 heavy (non-hydrogen) atoms. The van der Waals surface area contributed by atoms with E-state index in [9.17, 15) is 4.79 Å². The van der Waals surface area contributed by atoms with Crippen LogP contribution in [-0.2, 0) is 9.53 Å². The lowest BCUT2D eigenvalue weighted by Crippen LogP contribution is -2.06. The summed E-state index contributed by atoms with van der Waals surface area (Å²) < 4.78 is 10.4. The molecule has 90 valence electrons. The van der Waals surface area contributed by atoms with Gasteiger partial charge in [-0.05, 0) is 25.0 Å². The molecule has 0 spiro atoms. The van der Waals surface area contributed by atoms with Crippen LogP contribution in [0.25, 0.3) is 0 Å². The van der Waals surface area contributed by atoms with Gasteiger partial charge < -0.3 is 9.47 Å². The fourth-order valence-electron chi connectivity index (χ4n) is 1.33. The number of hydrogen-bond donors (Lipinski definition) is 0. The fourth-order valence-corrected chi connectivity index (χ4v) is 1.33. The second kappa shape index (κ2) is 7.55. The standard InChI is InChI=1S/C13H17BO3/c1-2-13(15)17-9-4-3-8-16-12-7-5-6-11(14)10-12/h2,5-7,10H,1,3-4,8-9,14H2. The third-order valence-electron chi connectivity index (χ3n) is 2.21. The molecule has 1 aromatic carbocycles. The minimum atomic E-state index is -0.371. The zero-order valence-corrected chi connectivity index (χ0v) is 10.1. The van der Waals surface area contributed by atoms with Gasteiger partial charge in [0.15, 0.2) is 0 Å². The molecule has 0 aliphatic heterocycles. The Hall–Kier alpha value is -1.71. The van der Waals surface area contributed by atoms with Gasteiger partial charge in [0.05, 0.1) is 13.2 Å². The Labute approximate surface area is 103 Å². The van der Waals surface area contributed by atoms with E-state index in [1.165, 1.54) is 11.5 Å². The van der Waals surface area contributed by atoms with Gasteiger partial charge in [-0.25, -0.2) is 4.79 Å². The number of esters is 1. The SMILES string of the molecule is Bc1cccc(OCCCCOC(=O)C=C)c1. The van der Waals surface area contributed by atoms with Gasteiger partial charge in [-0.3, -0.25) is 0 Å². The van der Waals surface area contributed by atoms with Crippen LogP contribution in [0.4, 0.5) is 0 Å². The summed E-state index contributed by atoms with van der Waals surface area (Å²) in [5, 5.41) is 0. The highest BCUT2D eigenvalue weighted by molar-refractivity contribution is 6.32. The summed E-state index contributed by atoms with van der Waals surface area (Å²) in [6.07, 6.45) is 2.83. The van der Waals surface area contributed by atoms with Crippen LogP contribution in [0.5, 0.6) is 5.75 Å². The van der Waals surface area contributed by atoms with Crippen molar-refractivity contribution in [3.8, 4) is 5.75 Å². The summed E-state index contributed by atoms with van der Waals surface area (Å²) in [6.45, 7) is 4.38. The van der Waals surface area contributed by atoms with Gasteiger partial charge in [0.2, 0.25) is 0 Å². The molecule has 0 aromatic heterocycles. The summed E-state index contributed by atoms with van der Waals surface area (Å²) in [7, 11) is 2.03. The number of carbonyl (C=O) groups is 1. The molecule has 4 heteroatoms. The number of rotatable bonds is 7. The molecule has 1 rings (SSSR count). The zero-order chi connectivity index (χ0) is 12.5. The van der Waals surface area contributed by atoms with Crippen molar-refractivity contribution in [2.45, 2.75) is 12.8 Å². The van der Waals surface area contributed by atoms with Crippen molar-refractivity contribution in [1.82, 2.24) is 0 Å². The lowest BCUT2D eigenvalue weighted by molar-refractivity contribution is -0.137. The molecular formula is C13H17BO3. The first kappa shape index (κ1) is 13.4. The first-order valence-electron chi connectivity index (χ1n) is 5.71. The van der Waals surface area contributed by atoms with E-state index in [-0.39, 0.29) is 5.97 Å². The molecule has 0 aliphatic carbocycles.